The van der Waals surface area contributed by atoms with Crippen molar-refractivity contribution in [1.82, 2.24) is 5.32 Å². The molecule has 1 aliphatic heterocycles. The summed E-state index contributed by atoms with van der Waals surface area (Å²) in [5.41, 5.74) is 2.27. The fourth-order valence-corrected chi connectivity index (χ4v) is 3.25. The van der Waals surface area contributed by atoms with E-state index in [2.05, 4.69) is 34.5 Å². The number of hydrogen-bond acceptors (Lipinski definition) is 3. The molecule has 0 bridgehead atoms. The zero-order valence-electron chi connectivity index (χ0n) is 16.2. The van der Waals surface area contributed by atoms with Gasteiger partial charge in [-0.1, -0.05) is 24.3 Å². The average molecular weight is 370 g/mol. The summed E-state index contributed by atoms with van der Waals surface area (Å²) in [5.74, 6) is -0.387. The predicted octanol–water partition coefficient (Wildman–Crippen LogP) is 3.82. The first kappa shape index (κ1) is 19.4. The van der Waals surface area contributed by atoms with Crippen molar-refractivity contribution in [3.05, 3.63) is 65.5 Å². The molecule has 27 heavy (non-hydrogen) atoms. The molecule has 0 saturated carbocycles. The summed E-state index contributed by atoms with van der Waals surface area (Å²) in [6.45, 7) is 8.99. The van der Waals surface area contributed by atoms with Crippen LogP contribution in [0.4, 0.5) is 10.1 Å². The Kier molecular flexibility index (Phi) is 5.80. The molecule has 4 nitrogen and oxygen atoms in total. The number of ether oxygens (including phenoxy) is 1. The molecule has 1 amide bonds. The van der Waals surface area contributed by atoms with Gasteiger partial charge in [0.15, 0.2) is 0 Å². The average Bonchev–Trinajstić information content (AvgIpc) is 2.69. The number of nitrogens with zero attached hydrogens (tertiary/aromatic N) is 1. The molecule has 3 rings (SSSR count). The quantitative estimate of drug-likeness (QED) is 0.870. The van der Waals surface area contributed by atoms with Crippen LogP contribution in [0, 0.1) is 5.82 Å². The van der Waals surface area contributed by atoms with E-state index in [0.29, 0.717) is 0 Å². The fourth-order valence-electron chi connectivity index (χ4n) is 3.25. The molecular formula is C22H27FN2O2. The molecule has 0 aliphatic carbocycles. The van der Waals surface area contributed by atoms with Crippen molar-refractivity contribution in [3.63, 3.8) is 0 Å². The summed E-state index contributed by atoms with van der Waals surface area (Å²) in [6, 6.07) is 14.3. The molecule has 0 spiro atoms. The van der Waals surface area contributed by atoms with E-state index in [0.717, 1.165) is 37.4 Å². The van der Waals surface area contributed by atoms with Crippen molar-refractivity contribution in [1.29, 1.82) is 0 Å². The Hall–Kier alpha value is -2.40. The smallest absolute Gasteiger partial charge is 0.230 e. The van der Waals surface area contributed by atoms with E-state index in [1.807, 2.05) is 20.8 Å². The third kappa shape index (κ3) is 4.48. The second kappa shape index (κ2) is 8.09. The molecule has 144 valence electrons. The molecule has 2 aromatic rings. The van der Waals surface area contributed by atoms with Crippen molar-refractivity contribution in [3.8, 4) is 0 Å². The number of benzene rings is 2. The van der Waals surface area contributed by atoms with Crippen LogP contribution in [0.5, 0.6) is 0 Å². The third-order valence-electron chi connectivity index (χ3n) is 5.25. The van der Waals surface area contributed by atoms with Gasteiger partial charge in [-0.05, 0) is 56.2 Å². The minimum Gasteiger partial charge on any atom is -0.378 e. The summed E-state index contributed by atoms with van der Waals surface area (Å²) >= 11 is 0. The molecule has 0 radical (unpaired) electrons. The van der Waals surface area contributed by atoms with E-state index in [9.17, 15) is 9.18 Å². The van der Waals surface area contributed by atoms with E-state index >= 15 is 0 Å². The maximum atomic E-state index is 13.2. The fraction of sp³-hybridized carbons (Fsp3) is 0.409. The minimum absolute atomic E-state index is 0.0844. The highest BCUT2D eigenvalue weighted by Crippen LogP contribution is 2.26. The van der Waals surface area contributed by atoms with E-state index in [1.165, 1.54) is 17.8 Å². The minimum atomic E-state index is -0.740. The molecule has 0 aromatic heterocycles. The maximum absolute atomic E-state index is 13.2. The van der Waals surface area contributed by atoms with Crippen LogP contribution in [-0.4, -0.2) is 32.2 Å². The van der Waals surface area contributed by atoms with Crippen LogP contribution in [0.25, 0.3) is 0 Å². The van der Waals surface area contributed by atoms with Gasteiger partial charge in [-0.15, -0.1) is 0 Å². The standard InChI is InChI=1S/C22H27FN2O2/c1-16(17-4-10-20(11-5-17)25-12-14-27-15-13-25)24-21(26)22(2,3)18-6-8-19(23)9-7-18/h4-11,16H,12-15H2,1-3H3,(H,24,26). The lowest BCUT2D eigenvalue weighted by molar-refractivity contribution is -0.126. The van der Waals surface area contributed by atoms with E-state index in [4.69, 9.17) is 4.74 Å². The number of anilines is 1. The highest BCUT2D eigenvalue weighted by atomic mass is 19.1. The Morgan fingerprint density at radius 2 is 1.67 bits per heavy atom. The third-order valence-corrected chi connectivity index (χ3v) is 5.25. The van der Waals surface area contributed by atoms with Crippen LogP contribution >= 0.6 is 0 Å². The molecule has 1 N–H and O–H groups in total. The number of halogens is 1. The first-order valence-corrected chi connectivity index (χ1v) is 9.37. The highest BCUT2D eigenvalue weighted by Gasteiger charge is 2.30. The van der Waals surface area contributed by atoms with Crippen LogP contribution < -0.4 is 10.2 Å². The van der Waals surface area contributed by atoms with Crippen molar-refractivity contribution >= 4 is 11.6 Å². The Bertz CT molecular complexity index is 766. The Morgan fingerprint density at radius 1 is 1.07 bits per heavy atom. The lowest BCUT2D eigenvalue weighted by Crippen LogP contribution is -2.41. The summed E-state index contributed by atoms with van der Waals surface area (Å²) in [7, 11) is 0. The van der Waals surface area contributed by atoms with Crippen molar-refractivity contribution < 1.29 is 13.9 Å². The number of hydrogen-bond donors (Lipinski definition) is 1. The lowest BCUT2D eigenvalue weighted by Gasteiger charge is -2.29. The van der Waals surface area contributed by atoms with Gasteiger partial charge in [-0.3, -0.25) is 4.79 Å². The Labute approximate surface area is 160 Å². The molecule has 1 aliphatic rings. The summed E-state index contributed by atoms with van der Waals surface area (Å²) in [6.07, 6.45) is 0. The van der Waals surface area contributed by atoms with Crippen LogP contribution in [-0.2, 0) is 14.9 Å². The molecule has 2 aromatic carbocycles. The van der Waals surface area contributed by atoms with E-state index in [1.54, 1.807) is 12.1 Å². The largest absolute Gasteiger partial charge is 0.378 e. The first-order valence-electron chi connectivity index (χ1n) is 9.37. The number of rotatable bonds is 5. The summed E-state index contributed by atoms with van der Waals surface area (Å²) in [4.78, 5) is 15.1. The number of carbonyl (C=O) groups is 1. The summed E-state index contributed by atoms with van der Waals surface area (Å²) in [5, 5.41) is 3.08. The van der Waals surface area contributed by atoms with Gasteiger partial charge in [-0.2, -0.15) is 0 Å². The maximum Gasteiger partial charge on any atom is 0.230 e. The van der Waals surface area contributed by atoms with Gasteiger partial charge in [0.1, 0.15) is 5.82 Å². The van der Waals surface area contributed by atoms with E-state index in [-0.39, 0.29) is 17.8 Å². The second-order valence-electron chi connectivity index (χ2n) is 7.52. The van der Waals surface area contributed by atoms with Gasteiger partial charge in [0.25, 0.3) is 0 Å². The van der Waals surface area contributed by atoms with Gasteiger partial charge >= 0.3 is 0 Å². The van der Waals surface area contributed by atoms with Crippen molar-refractivity contribution in [2.75, 3.05) is 31.2 Å². The zero-order valence-corrected chi connectivity index (χ0v) is 16.2. The molecule has 1 unspecified atom stereocenters. The molecular weight excluding hydrogens is 343 g/mol. The second-order valence-corrected chi connectivity index (χ2v) is 7.52. The normalized spacial score (nSPS) is 16.1. The topological polar surface area (TPSA) is 41.6 Å². The monoisotopic (exact) mass is 370 g/mol. The SMILES string of the molecule is CC(NC(=O)C(C)(C)c1ccc(F)cc1)c1ccc(N2CCOCC2)cc1. The summed E-state index contributed by atoms with van der Waals surface area (Å²) < 4.78 is 18.6. The van der Waals surface area contributed by atoms with Crippen LogP contribution in [0.15, 0.2) is 48.5 Å². The zero-order chi connectivity index (χ0) is 19.4. The van der Waals surface area contributed by atoms with Crippen molar-refractivity contribution in [2.24, 2.45) is 0 Å². The predicted molar refractivity (Wildman–Crippen MR) is 105 cm³/mol. The molecule has 1 saturated heterocycles. The van der Waals surface area contributed by atoms with Gasteiger partial charge in [0, 0.05) is 18.8 Å². The first-order chi connectivity index (χ1) is 12.9. The number of morpholine rings is 1. The van der Waals surface area contributed by atoms with E-state index < -0.39 is 5.41 Å². The molecule has 1 atom stereocenters. The van der Waals surface area contributed by atoms with Crippen molar-refractivity contribution in [2.45, 2.75) is 32.2 Å². The lowest BCUT2D eigenvalue weighted by atomic mass is 9.83. The highest BCUT2D eigenvalue weighted by molar-refractivity contribution is 5.87. The van der Waals surface area contributed by atoms with Crippen LogP contribution in [0.3, 0.4) is 0 Å². The Balaban J connectivity index is 1.66. The van der Waals surface area contributed by atoms with Gasteiger partial charge in [-0.25, -0.2) is 4.39 Å². The van der Waals surface area contributed by atoms with Gasteiger partial charge in [0.2, 0.25) is 5.91 Å². The number of carbonyl (C=O) groups excluding carboxylic acids is 1. The molecule has 5 heteroatoms. The van der Waals surface area contributed by atoms with Crippen LogP contribution in [0.1, 0.15) is 37.9 Å². The van der Waals surface area contributed by atoms with Crippen LogP contribution in [0.2, 0.25) is 0 Å². The molecule has 1 heterocycles. The number of amides is 1. The Morgan fingerprint density at radius 3 is 2.26 bits per heavy atom. The number of nitrogens with one attached hydrogen (secondary N) is 1. The van der Waals surface area contributed by atoms with Gasteiger partial charge in [0.05, 0.1) is 24.7 Å². The molecule has 1 fully saturated rings. The van der Waals surface area contributed by atoms with Gasteiger partial charge < -0.3 is 15.0 Å².